The highest BCUT2D eigenvalue weighted by Crippen LogP contribution is 2.60. The number of alkyl halides is 1. The summed E-state index contributed by atoms with van der Waals surface area (Å²) in [6.07, 6.45) is 6.24. The number of nitrogens with one attached hydrogen (secondary N) is 2. The van der Waals surface area contributed by atoms with Crippen LogP contribution in [0, 0.1) is 22.2 Å². The van der Waals surface area contributed by atoms with E-state index in [4.69, 9.17) is 11.6 Å². The molecule has 3 aliphatic carbocycles. The van der Waals surface area contributed by atoms with Gasteiger partial charge in [0.25, 0.3) is 0 Å². The number of nitroso groups, excluding NO2 is 1. The first kappa shape index (κ1) is 22.8. The van der Waals surface area contributed by atoms with Crippen LogP contribution in [-0.2, 0) is 11.2 Å². The van der Waals surface area contributed by atoms with Crippen LogP contribution in [0.25, 0.3) is 0 Å². The molecule has 3 amide bonds. The third kappa shape index (κ3) is 4.17. The maximum absolute atomic E-state index is 12.6. The summed E-state index contributed by atoms with van der Waals surface area (Å²) >= 11 is 5.55. The molecule has 0 bridgehead atoms. The Morgan fingerprint density at radius 2 is 2.09 bits per heavy atom. The van der Waals surface area contributed by atoms with Gasteiger partial charge in [0, 0.05) is 11.9 Å². The average Bonchev–Trinajstić information content (AvgIpc) is 3.11. The van der Waals surface area contributed by atoms with Crippen molar-refractivity contribution in [3.63, 3.8) is 0 Å². The van der Waals surface area contributed by atoms with Crippen LogP contribution in [0.1, 0.15) is 56.1 Å². The molecule has 1 aromatic rings. The number of nitrogens with zero attached hydrogens (tertiary/aromatic N) is 2. The fraction of sp³-hybridized carbons (Fsp3) is 0.652. The maximum atomic E-state index is 12.6. The number of fused-ring (bicyclic) bond motifs is 5. The summed E-state index contributed by atoms with van der Waals surface area (Å²) in [5.41, 5.74) is 2.70. The average molecular weight is 463 g/mol. The minimum absolute atomic E-state index is 0.00775. The van der Waals surface area contributed by atoms with Gasteiger partial charge in [-0.25, -0.2) is 4.79 Å². The molecule has 0 aromatic heterocycles. The zero-order chi connectivity index (χ0) is 22.9. The number of hydrogen-bond donors (Lipinski definition) is 3. The Labute approximate surface area is 193 Å². The smallest absolute Gasteiger partial charge is 0.340 e. The Bertz CT molecular complexity index is 897. The number of benzene rings is 1. The number of aryl methyl sites for hydroxylation is 1. The van der Waals surface area contributed by atoms with Gasteiger partial charge in [-0.1, -0.05) is 13.0 Å². The van der Waals surface area contributed by atoms with E-state index in [1.165, 1.54) is 11.1 Å². The van der Waals surface area contributed by atoms with Gasteiger partial charge in [-0.15, -0.1) is 16.5 Å². The molecule has 3 N–H and O–H groups in total. The first-order valence-corrected chi connectivity index (χ1v) is 12.0. The van der Waals surface area contributed by atoms with Crippen molar-refractivity contribution in [3.8, 4) is 5.75 Å². The maximum Gasteiger partial charge on any atom is 0.340 e. The highest BCUT2D eigenvalue weighted by atomic mass is 35.5. The van der Waals surface area contributed by atoms with Crippen molar-refractivity contribution in [1.29, 1.82) is 0 Å². The van der Waals surface area contributed by atoms with Crippen molar-refractivity contribution in [2.75, 3.05) is 19.0 Å². The highest BCUT2D eigenvalue weighted by Gasteiger charge is 2.55. The Kier molecular flexibility index (Phi) is 6.60. The number of halogens is 1. The first-order valence-electron chi connectivity index (χ1n) is 11.4. The van der Waals surface area contributed by atoms with Crippen LogP contribution in [-0.4, -0.2) is 47.1 Å². The number of carbonyl (C=O) groups excluding carboxylic acids is 2. The van der Waals surface area contributed by atoms with Gasteiger partial charge in [-0.05, 0) is 85.0 Å². The van der Waals surface area contributed by atoms with E-state index >= 15 is 0 Å². The molecule has 32 heavy (non-hydrogen) atoms. The van der Waals surface area contributed by atoms with E-state index in [-0.39, 0.29) is 36.3 Å². The lowest BCUT2D eigenvalue weighted by molar-refractivity contribution is -0.122. The fourth-order valence-corrected chi connectivity index (χ4v) is 6.72. The van der Waals surface area contributed by atoms with Crippen molar-refractivity contribution < 1.29 is 14.7 Å². The van der Waals surface area contributed by atoms with E-state index in [0.29, 0.717) is 28.5 Å². The summed E-state index contributed by atoms with van der Waals surface area (Å²) < 4.78 is 0. The second kappa shape index (κ2) is 9.25. The standard InChI is InChI=1S/C23H31ClN4O4/c1-23-9-8-17-16-5-3-15(29)12-14(16)2-4-18(17)19(23)6-7-20(23)26-21(30)13-25-22(31)28(27-32)11-10-24/h3,5,12,17-20,29H,2,4,6-11,13H2,1H3,(H,25,31)(H,26,30)/t17-,18-,19+,20+,23+/m1/s1. The second-order valence-corrected chi connectivity index (χ2v) is 9.97. The largest absolute Gasteiger partial charge is 0.508 e. The van der Waals surface area contributed by atoms with Crippen LogP contribution in [0.15, 0.2) is 23.5 Å². The van der Waals surface area contributed by atoms with Crippen LogP contribution in [0.3, 0.4) is 0 Å². The molecule has 0 heterocycles. The van der Waals surface area contributed by atoms with Gasteiger partial charge >= 0.3 is 6.03 Å². The van der Waals surface area contributed by atoms with Gasteiger partial charge in [0.1, 0.15) is 5.75 Å². The van der Waals surface area contributed by atoms with Crippen LogP contribution in [0.4, 0.5) is 4.79 Å². The van der Waals surface area contributed by atoms with Crippen LogP contribution in [0.5, 0.6) is 5.75 Å². The van der Waals surface area contributed by atoms with Gasteiger partial charge < -0.3 is 15.7 Å². The zero-order valence-corrected chi connectivity index (χ0v) is 19.1. The minimum atomic E-state index is -0.723. The number of phenols is 1. The van der Waals surface area contributed by atoms with E-state index in [1.807, 2.05) is 6.07 Å². The normalized spacial score (nSPS) is 30.4. The third-order valence-electron chi connectivity index (χ3n) is 8.07. The van der Waals surface area contributed by atoms with Crippen molar-refractivity contribution >= 4 is 23.5 Å². The molecule has 1 aromatic carbocycles. The van der Waals surface area contributed by atoms with Crippen molar-refractivity contribution in [1.82, 2.24) is 15.6 Å². The molecule has 2 fully saturated rings. The molecule has 5 atom stereocenters. The van der Waals surface area contributed by atoms with E-state index in [0.717, 1.165) is 38.5 Å². The molecule has 3 aliphatic rings. The molecule has 8 nitrogen and oxygen atoms in total. The van der Waals surface area contributed by atoms with Gasteiger partial charge in [-0.2, -0.15) is 5.01 Å². The molecule has 174 valence electrons. The number of amides is 3. The Balaban J connectivity index is 1.38. The number of phenolic OH excluding ortho intramolecular Hbond substituents is 1. The van der Waals surface area contributed by atoms with E-state index in [1.54, 1.807) is 6.07 Å². The van der Waals surface area contributed by atoms with E-state index < -0.39 is 6.03 Å². The van der Waals surface area contributed by atoms with E-state index in [2.05, 4.69) is 28.9 Å². The molecular formula is C23H31ClN4O4. The quantitative estimate of drug-likeness (QED) is 0.340. The second-order valence-electron chi connectivity index (χ2n) is 9.59. The molecule has 0 unspecified atom stereocenters. The molecule has 2 saturated carbocycles. The van der Waals surface area contributed by atoms with Crippen LogP contribution >= 0.6 is 11.6 Å². The molecule has 0 spiro atoms. The first-order chi connectivity index (χ1) is 15.4. The number of carbonyl (C=O) groups is 2. The number of urea groups is 1. The lowest BCUT2D eigenvalue weighted by Gasteiger charge is -2.51. The molecule has 9 heteroatoms. The summed E-state index contributed by atoms with van der Waals surface area (Å²) in [7, 11) is 0. The molecule has 0 aliphatic heterocycles. The molecule has 0 radical (unpaired) electrons. The lowest BCUT2D eigenvalue weighted by Crippen LogP contribution is -2.52. The molecule has 4 rings (SSSR count). The topological polar surface area (TPSA) is 111 Å². The summed E-state index contributed by atoms with van der Waals surface area (Å²) in [5.74, 6) is 1.83. The van der Waals surface area contributed by atoms with Crippen molar-refractivity contribution in [2.45, 2.75) is 57.4 Å². The van der Waals surface area contributed by atoms with Crippen LogP contribution in [0.2, 0.25) is 0 Å². The van der Waals surface area contributed by atoms with Gasteiger partial charge in [0.05, 0.1) is 18.4 Å². The fourth-order valence-electron chi connectivity index (χ4n) is 6.56. The Morgan fingerprint density at radius 3 is 2.84 bits per heavy atom. The summed E-state index contributed by atoms with van der Waals surface area (Å²) in [4.78, 5) is 35.2. The van der Waals surface area contributed by atoms with Gasteiger partial charge in [-0.3, -0.25) is 4.79 Å². The van der Waals surface area contributed by atoms with Crippen LogP contribution < -0.4 is 10.6 Å². The van der Waals surface area contributed by atoms with Crippen molar-refractivity contribution in [3.05, 3.63) is 34.2 Å². The number of hydrogen-bond acceptors (Lipinski definition) is 5. The summed E-state index contributed by atoms with van der Waals surface area (Å²) in [5, 5.41) is 18.7. The van der Waals surface area contributed by atoms with E-state index in [9.17, 15) is 19.6 Å². The zero-order valence-electron chi connectivity index (χ0n) is 18.3. The summed E-state index contributed by atoms with van der Waals surface area (Å²) in [6, 6.07) is 5.17. The Hall–Kier alpha value is -2.35. The number of rotatable bonds is 6. The van der Waals surface area contributed by atoms with Gasteiger partial charge in [0.15, 0.2) is 0 Å². The predicted octanol–water partition coefficient (Wildman–Crippen LogP) is 3.66. The lowest BCUT2D eigenvalue weighted by atomic mass is 9.55. The predicted molar refractivity (Wildman–Crippen MR) is 121 cm³/mol. The monoisotopic (exact) mass is 462 g/mol. The SMILES string of the molecule is C[C@]12CC[C@@H]3c4ccc(O)cc4CC[C@H]3[C@@H]1CC[C@@H]2NC(=O)CNC(=O)N(CCCl)N=O. The summed E-state index contributed by atoms with van der Waals surface area (Å²) in [6.45, 7) is 2.09. The molecule has 0 saturated heterocycles. The molecular weight excluding hydrogens is 432 g/mol. The highest BCUT2D eigenvalue weighted by molar-refractivity contribution is 6.18. The third-order valence-corrected chi connectivity index (χ3v) is 8.24. The Morgan fingerprint density at radius 1 is 1.28 bits per heavy atom. The number of aromatic hydroxyl groups is 1. The minimum Gasteiger partial charge on any atom is -0.508 e. The van der Waals surface area contributed by atoms with Gasteiger partial charge in [0.2, 0.25) is 5.91 Å². The van der Waals surface area contributed by atoms with Crippen molar-refractivity contribution in [2.24, 2.45) is 22.5 Å².